The molecule has 5 heteroatoms. The number of nitrogen functional groups attached to an aromatic ring is 1. The Morgan fingerprint density at radius 2 is 1.71 bits per heavy atom. The van der Waals surface area contributed by atoms with Crippen LogP contribution in [-0.4, -0.2) is 23.2 Å². The summed E-state index contributed by atoms with van der Waals surface area (Å²) < 4.78 is 0. The number of nitrogens with zero attached hydrogens (tertiary/aromatic N) is 3. The van der Waals surface area contributed by atoms with Gasteiger partial charge in [0, 0.05) is 13.3 Å². The van der Waals surface area contributed by atoms with Gasteiger partial charge in [-0.15, -0.1) is 0 Å². The number of nitrogens with one attached hydrogen (secondary N) is 1. The summed E-state index contributed by atoms with van der Waals surface area (Å²) in [7, 11) is 1.77. The second-order valence-corrected chi connectivity index (χ2v) is 5.24. The van der Waals surface area contributed by atoms with Crippen LogP contribution in [0.3, 0.4) is 0 Å². The van der Waals surface area contributed by atoms with Gasteiger partial charge in [0.1, 0.15) is 5.69 Å². The van der Waals surface area contributed by atoms with Crippen LogP contribution in [0.4, 0.5) is 17.5 Å². The summed E-state index contributed by atoms with van der Waals surface area (Å²) in [6.07, 6.45) is 12.6. The normalized spacial score (nSPS) is 14.6. The molecule has 0 amide bonds. The molecule has 2 rings (SSSR count). The summed E-state index contributed by atoms with van der Waals surface area (Å²) in [5.74, 6) is 0.974. The van der Waals surface area contributed by atoms with Crippen molar-refractivity contribution in [2.45, 2.75) is 65.2 Å². The fraction of sp³-hybridized carbons (Fsp3) is 0.688. The first-order valence-electron chi connectivity index (χ1n) is 8.05. The summed E-state index contributed by atoms with van der Waals surface area (Å²) in [6.45, 7) is 3.94. The SMILES string of the molecule is C1CCCCC1.CC=Nc1c(N)nc(NC)nc1CCC. The fourth-order valence-corrected chi connectivity index (χ4v) is 2.37. The topological polar surface area (TPSA) is 76.2 Å². The average Bonchev–Trinajstić information content (AvgIpc) is 2.53. The maximum atomic E-state index is 5.81. The zero-order valence-corrected chi connectivity index (χ0v) is 13.7. The van der Waals surface area contributed by atoms with Gasteiger partial charge in [-0.2, -0.15) is 4.98 Å². The van der Waals surface area contributed by atoms with Crippen molar-refractivity contribution in [1.29, 1.82) is 0 Å². The largest absolute Gasteiger partial charge is 0.382 e. The Kier molecular flexibility index (Phi) is 8.40. The summed E-state index contributed by atoms with van der Waals surface area (Å²) in [6, 6.07) is 0. The molecule has 1 saturated carbocycles. The van der Waals surface area contributed by atoms with Gasteiger partial charge in [0.05, 0.1) is 5.69 Å². The number of hydrogen-bond donors (Lipinski definition) is 2. The molecule has 1 heterocycles. The Bertz CT molecular complexity index is 427. The van der Waals surface area contributed by atoms with E-state index in [-0.39, 0.29) is 0 Å². The van der Waals surface area contributed by atoms with E-state index in [1.807, 2.05) is 6.92 Å². The Hall–Kier alpha value is -1.65. The van der Waals surface area contributed by atoms with Crippen LogP contribution < -0.4 is 11.1 Å². The molecule has 0 bridgehead atoms. The van der Waals surface area contributed by atoms with Crippen LogP contribution in [0, 0.1) is 0 Å². The molecule has 1 aromatic rings. The van der Waals surface area contributed by atoms with Gasteiger partial charge in [0.15, 0.2) is 5.82 Å². The lowest BCUT2D eigenvalue weighted by Gasteiger charge is -2.08. The lowest BCUT2D eigenvalue weighted by atomic mass is 10.0. The number of aryl methyl sites for hydroxylation is 1. The van der Waals surface area contributed by atoms with E-state index in [2.05, 4.69) is 27.2 Å². The van der Waals surface area contributed by atoms with Gasteiger partial charge in [-0.1, -0.05) is 51.9 Å². The number of anilines is 2. The molecule has 0 atom stereocenters. The average molecular weight is 291 g/mol. The highest BCUT2D eigenvalue weighted by Crippen LogP contribution is 2.25. The number of aliphatic imine (C=N–C) groups is 1. The van der Waals surface area contributed by atoms with Crippen molar-refractivity contribution >= 4 is 23.7 Å². The predicted octanol–water partition coefficient (Wildman–Crippen LogP) is 4.12. The molecule has 1 fully saturated rings. The third kappa shape index (κ3) is 6.10. The molecule has 1 aliphatic carbocycles. The highest BCUT2D eigenvalue weighted by atomic mass is 15.1. The van der Waals surface area contributed by atoms with Crippen molar-refractivity contribution in [2.24, 2.45) is 4.99 Å². The maximum absolute atomic E-state index is 5.81. The summed E-state index contributed by atoms with van der Waals surface area (Å²) >= 11 is 0. The molecule has 21 heavy (non-hydrogen) atoms. The van der Waals surface area contributed by atoms with Crippen LogP contribution in [0.5, 0.6) is 0 Å². The highest BCUT2D eigenvalue weighted by Gasteiger charge is 2.09. The Balaban J connectivity index is 0.000000304. The minimum absolute atomic E-state index is 0.427. The zero-order chi connectivity index (χ0) is 15.5. The molecule has 0 aliphatic heterocycles. The third-order valence-corrected chi connectivity index (χ3v) is 3.45. The Morgan fingerprint density at radius 3 is 2.14 bits per heavy atom. The van der Waals surface area contributed by atoms with Crippen molar-refractivity contribution in [1.82, 2.24) is 9.97 Å². The van der Waals surface area contributed by atoms with Gasteiger partial charge in [-0.3, -0.25) is 4.99 Å². The number of rotatable bonds is 4. The Morgan fingerprint density at radius 1 is 1.14 bits per heavy atom. The van der Waals surface area contributed by atoms with Crippen LogP contribution in [-0.2, 0) is 6.42 Å². The first-order chi connectivity index (χ1) is 10.2. The van der Waals surface area contributed by atoms with Gasteiger partial charge in [0.25, 0.3) is 0 Å². The van der Waals surface area contributed by atoms with Gasteiger partial charge in [-0.05, 0) is 13.3 Å². The standard InChI is InChI=1S/C10H17N5.C6H12/c1-4-6-7-8(13-5-2)9(11)15-10(12-3)14-7;1-2-4-6-5-3-1/h5H,4,6H2,1-3H3,(H3,11,12,14,15);1-6H2. The molecule has 0 saturated heterocycles. The van der Waals surface area contributed by atoms with Crippen LogP contribution >= 0.6 is 0 Å². The first kappa shape index (κ1) is 17.4. The highest BCUT2D eigenvalue weighted by molar-refractivity contribution is 5.70. The minimum atomic E-state index is 0.427. The lowest BCUT2D eigenvalue weighted by molar-refractivity contribution is 0.504. The van der Waals surface area contributed by atoms with Gasteiger partial charge in [-0.25, -0.2) is 4.98 Å². The van der Waals surface area contributed by atoms with Crippen molar-refractivity contribution in [3.05, 3.63) is 5.69 Å². The predicted molar refractivity (Wildman–Crippen MR) is 91.5 cm³/mol. The van der Waals surface area contributed by atoms with E-state index in [4.69, 9.17) is 5.73 Å². The van der Waals surface area contributed by atoms with Crippen molar-refractivity contribution < 1.29 is 0 Å². The molecule has 118 valence electrons. The van der Waals surface area contributed by atoms with Gasteiger partial charge in [0.2, 0.25) is 5.95 Å². The molecule has 5 nitrogen and oxygen atoms in total. The summed E-state index contributed by atoms with van der Waals surface area (Å²) in [4.78, 5) is 12.6. The quantitative estimate of drug-likeness (QED) is 0.818. The molecule has 1 aromatic heterocycles. The first-order valence-corrected chi connectivity index (χ1v) is 8.05. The third-order valence-electron chi connectivity index (χ3n) is 3.45. The summed E-state index contributed by atoms with van der Waals surface area (Å²) in [5, 5.41) is 2.88. The molecule has 1 aliphatic rings. The molecular weight excluding hydrogens is 262 g/mol. The van der Waals surface area contributed by atoms with E-state index in [1.165, 1.54) is 38.5 Å². The fourth-order valence-electron chi connectivity index (χ4n) is 2.37. The van der Waals surface area contributed by atoms with Crippen LogP contribution in [0.1, 0.15) is 64.5 Å². The van der Waals surface area contributed by atoms with Crippen LogP contribution in [0.2, 0.25) is 0 Å². The minimum Gasteiger partial charge on any atom is -0.382 e. The van der Waals surface area contributed by atoms with E-state index < -0.39 is 0 Å². The maximum Gasteiger partial charge on any atom is 0.224 e. The van der Waals surface area contributed by atoms with E-state index in [1.54, 1.807) is 13.3 Å². The van der Waals surface area contributed by atoms with Crippen molar-refractivity contribution in [3.63, 3.8) is 0 Å². The van der Waals surface area contributed by atoms with Crippen molar-refractivity contribution in [3.8, 4) is 0 Å². The lowest BCUT2D eigenvalue weighted by Crippen LogP contribution is -2.04. The van der Waals surface area contributed by atoms with E-state index >= 15 is 0 Å². The molecule has 0 radical (unpaired) electrons. The van der Waals surface area contributed by atoms with E-state index in [9.17, 15) is 0 Å². The second kappa shape index (κ2) is 10.1. The monoisotopic (exact) mass is 291 g/mol. The van der Waals surface area contributed by atoms with E-state index in [0.29, 0.717) is 17.5 Å². The molecule has 0 unspecified atom stereocenters. The molecule has 0 aromatic carbocycles. The number of aromatic nitrogens is 2. The van der Waals surface area contributed by atoms with Crippen LogP contribution in [0.25, 0.3) is 0 Å². The summed E-state index contributed by atoms with van der Waals surface area (Å²) in [5.41, 5.74) is 7.40. The van der Waals surface area contributed by atoms with E-state index in [0.717, 1.165) is 18.5 Å². The number of hydrogen-bond acceptors (Lipinski definition) is 5. The Labute approximate surface area is 128 Å². The van der Waals surface area contributed by atoms with Crippen LogP contribution in [0.15, 0.2) is 4.99 Å². The number of nitrogens with two attached hydrogens (primary N) is 1. The molecule has 3 N–H and O–H groups in total. The second-order valence-electron chi connectivity index (χ2n) is 5.24. The zero-order valence-electron chi connectivity index (χ0n) is 13.7. The molecule has 0 spiro atoms. The molecular formula is C16H29N5. The van der Waals surface area contributed by atoms with Gasteiger partial charge < -0.3 is 11.1 Å². The van der Waals surface area contributed by atoms with Gasteiger partial charge >= 0.3 is 0 Å². The van der Waals surface area contributed by atoms with Crippen molar-refractivity contribution in [2.75, 3.05) is 18.1 Å². The smallest absolute Gasteiger partial charge is 0.224 e.